The number of nitrogens with zero attached hydrogens (tertiary/aromatic N) is 2. The predicted octanol–water partition coefficient (Wildman–Crippen LogP) is 4.59. The maximum absolute atomic E-state index is 13.7. The highest BCUT2D eigenvalue weighted by atomic mass is 16.4. The molecule has 0 bridgehead atoms. The number of Topliss-reactive ketones (excluding diaryl/α,β-unsaturated/α-hetero) is 2. The largest absolute Gasteiger partial charge is 0.475 e. The van der Waals surface area contributed by atoms with Crippen molar-refractivity contribution in [3.8, 4) is 0 Å². The van der Waals surface area contributed by atoms with Crippen molar-refractivity contribution in [2.24, 2.45) is 0 Å². The second-order valence-corrected chi connectivity index (χ2v) is 8.55. The third-order valence-corrected chi connectivity index (χ3v) is 6.53. The molecule has 7 nitrogen and oxygen atoms in total. The molecule has 0 aliphatic carbocycles. The quantitative estimate of drug-likeness (QED) is 0.403. The second kappa shape index (κ2) is 10.3. The number of anilines is 2. The lowest BCUT2D eigenvalue weighted by atomic mass is 9.68. The van der Waals surface area contributed by atoms with Crippen LogP contribution in [-0.2, 0) is 19.8 Å². The van der Waals surface area contributed by atoms with Gasteiger partial charge in [-0.2, -0.15) is 0 Å². The molecule has 3 aromatic carbocycles. The number of amides is 2. The van der Waals surface area contributed by atoms with E-state index in [1.54, 1.807) is 9.80 Å². The molecule has 0 saturated carbocycles. The van der Waals surface area contributed by atoms with Crippen molar-refractivity contribution >= 4 is 34.9 Å². The lowest BCUT2D eigenvalue weighted by molar-refractivity contribution is -0.150. The van der Waals surface area contributed by atoms with Crippen molar-refractivity contribution in [1.82, 2.24) is 4.90 Å². The number of rotatable bonds is 7. The Morgan fingerprint density at radius 3 is 1.66 bits per heavy atom. The van der Waals surface area contributed by atoms with E-state index in [1.807, 2.05) is 91.0 Å². The third-order valence-electron chi connectivity index (χ3n) is 6.53. The first kappa shape index (κ1) is 23.9. The smallest absolute Gasteiger partial charge is 0.372 e. The van der Waals surface area contributed by atoms with Crippen LogP contribution in [0.4, 0.5) is 16.2 Å². The van der Waals surface area contributed by atoms with Gasteiger partial charge >= 0.3 is 12.0 Å². The van der Waals surface area contributed by atoms with Crippen LogP contribution in [0.25, 0.3) is 0 Å². The minimum atomic E-state index is -1.62. The van der Waals surface area contributed by atoms with Crippen LogP contribution >= 0.6 is 0 Å². The van der Waals surface area contributed by atoms with Crippen LogP contribution in [0.15, 0.2) is 91.0 Å². The lowest BCUT2D eigenvalue weighted by Crippen LogP contribution is -2.52. The summed E-state index contributed by atoms with van der Waals surface area (Å²) >= 11 is 0. The van der Waals surface area contributed by atoms with E-state index < -0.39 is 29.4 Å². The number of carbonyl (C=O) groups excluding carboxylic acids is 3. The number of hydrogen-bond donors (Lipinski definition) is 1. The SMILES string of the molecule is O=C(O)C(=O)CC(=O)C1(c2ccccc2)CCN(C(=O)N(c2ccccc2)c2ccccc2)CC1. The molecule has 1 aliphatic heterocycles. The van der Waals surface area contributed by atoms with Crippen molar-refractivity contribution in [3.63, 3.8) is 0 Å². The molecule has 0 aromatic heterocycles. The number of likely N-dealkylation sites (tertiary alicyclic amines) is 1. The van der Waals surface area contributed by atoms with Gasteiger partial charge in [-0.1, -0.05) is 66.7 Å². The Balaban J connectivity index is 1.61. The first-order valence-electron chi connectivity index (χ1n) is 11.5. The fourth-order valence-corrected chi connectivity index (χ4v) is 4.62. The van der Waals surface area contributed by atoms with Crippen molar-refractivity contribution in [3.05, 3.63) is 96.6 Å². The van der Waals surface area contributed by atoms with Crippen LogP contribution in [0, 0.1) is 0 Å². The van der Waals surface area contributed by atoms with Gasteiger partial charge < -0.3 is 10.0 Å². The molecule has 178 valence electrons. The van der Waals surface area contributed by atoms with E-state index in [0.717, 1.165) is 16.9 Å². The number of carbonyl (C=O) groups is 4. The zero-order valence-corrected chi connectivity index (χ0v) is 19.2. The summed E-state index contributed by atoms with van der Waals surface area (Å²) in [6.07, 6.45) is -0.0733. The van der Waals surface area contributed by atoms with Crippen LogP contribution in [0.1, 0.15) is 24.8 Å². The minimum Gasteiger partial charge on any atom is -0.475 e. The Kier molecular flexibility index (Phi) is 7.06. The molecule has 3 aromatic rings. The van der Waals surface area contributed by atoms with Gasteiger partial charge in [-0.05, 0) is 42.7 Å². The summed E-state index contributed by atoms with van der Waals surface area (Å²) in [4.78, 5) is 53.3. The second-order valence-electron chi connectivity index (χ2n) is 8.55. The van der Waals surface area contributed by atoms with Crippen molar-refractivity contribution in [1.29, 1.82) is 0 Å². The summed E-state index contributed by atoms with van der Waals surface area (Å²) in [6.45, 7) is 0.577. The van der Waals surface area contributed by atoms with Crippen molar-refractivity contribution < 1.29 is 24.3 Å². The van der Waals surface area contributed by atoms with Crippen molar-refractivity contribution in [2.75, 3.05) is 18.0 Å². The van der Waals surface area contributed by atoms with E-state index in [9.17, 15) is 19.2 Å². The topological polar surface area (TPSA) is 95.0 Å². The molecule has 2 amide bonds. The number of piperidine rings is 1. The van der Waals surface area contributed by atoms with Gasteiger partial charge in [-0.3, -0.25) is 14.5 Å². The van der Waals surface area contributed by atoms with E-state index in [2.05, 4.69) is 0 Å². The third kappa shape index (κ3) is 4.99. The number of urea groups is 1. The molecule has 4 rings (SSSR count). The molecule has 1 N–H and O–H groups in total. The number of carboxylic acids is 1. The lowest BCUT2D eigenvalue weighted by Gasteiger charge is -2.42. The van der Waals surface area contributed by atoms with E-state index >= 15 is 0 Å². The number of aliphatic carboxylic acids is 1. The summed E-state index contributed by atoms with van der Waals surface area (Å²) in [5, 5.41) is 9.02. The molecule has 1 aliphatic rings. The summed E-state index contributed by atoms with van der Waals surface area (Å²) < 4.78 is 0. The number of benzene rings is 3. The van der Waals surface area contributed by atoms with Gasteiger partial charge in [0.2, 0.25) is 5.78 Å². The van der Waals surface area contributed by atoms with Crippen LogP contribution in [0.2, 0.25) is 0 Å². The number of carboxylic acid groups (broad SMARTS) is 1. The maximum atomic E-state index is 13.7. The number of para-hydroxylation sites is 2. The molecule has 0 atom stereocenters. The van der Waals surface area contributed by atoms with Crippen LogP contribution in [0.3, 0.4) is 0 Å². The molecule has 1 fully saturated rings. The summed E-state index contributed by atoms with van der Waals surface area (Å²) in [7, 11) is 0. The summed E-state index contributed by atoms with van der Waals surface area (Å²) in [6, 6.07) is 27.6. The Morgan fingerprint density at radius 1 is 0.743 bits per heavy atom. The molecule has 7 heteroatoms. The van der Waals surface area contributed by atoms with Gasteiger partial charge in [-0.15, -0.1) is 0 Å². The van der Waals surface area contributed by atoms with Gasteiger partial charge in [-0.25, -0.2) is 9.59 Å². The zero-order valence-electron chi connectivity index (χ0n) is 19.2. The van der Waals surface area contributed by atoms with Gasteiger partial charge in [0.25, 0.3) is 0 Å². The highest BCUT2D eigenvalue weighted by Gasteiger charge is 2.45. The van der Waals surface area contributed by atoms with Gasteiger partial charge in [0.15, 0.2) is 5.78 Å². The summed E-state index contributed by atoms with van der Waals surface area (Å²) in [5.41, 5.74) is 1.17. The number of ketones is 2. The van der Waals surface area contributed by atoms with Crippen LogP contribution in [0.5, 0.6) is 0 Å². The average Bonchev–Trinajstić information content (AvgIpc) is 2.90. The average molecular weight is 471 g/mol. The molecule has 1 heterocycles. The van der Waals surface area contributed by atoms with Gasteiger partial charge in [0.05, 0.1) is 23.2 Å². The zero-order chi connectivity index (χ0) is 24.8. The monoisotopic (exact) mass is 470 g/mol. The van der Waals surface area contributed by atoms with Crippen LogP contribution in [-0.4, -0.2) is 46.7 Å². The fourth-order valence-electron chi connectivity index (χ4n) is 4.62. The highest BCUT2D eigenvalue weighted by Crippen LogP contribution is 2.38. The molecule has 0 radical (unpaired) electrons. The molecule has 1 saturated heterocycles. The molecule has 0 unspecified atom stereocenters. The Bertz CT molecular complexity index is 1160. The van der Waals surface area contributed by atoms with Gasteiger partial charge in [0, 0.05) is 13.1 Å². The first-order valence-corrected chi connectivity index (χ1v) is 11.5. The minimum absolute atomic E-state index is 0.210. The Morgan fingerprint density at radius 2 is 1.20 bits per heavy atom. The Hall–Kier alpha value is -4.26. The maximum Gasteiger partial charge on any atom is 0.372 e. The van der Waals surface area contributed by atoms with E-state index in [0.29, 0.717) is 12.8 Å². The highest BCUT2D eigenvalue weighted by molar-refractivity contribution is 6.36. The molecular weight excluding hydrogens is 444 g/mol. The summed E-state index contributed by atoms with van der Waals surface area (Å²) in [5.74, 6) is -3.16. The normalized spacial score (nSPS) is 14.7. The van der Waals surface area contributed by atoms with E-state index in [-0.39, 0.29) is 19.1 Å². The predicted molar refractivity (Wildman–Crippen MR) is 132 cm³/mol. The van der Waals surface area contributed by atoms with Gasteiger partial charge in [0.1, 0.15) is 0 Å². The molecule has 35 heavy (non-hydrogen) atoms. The Labute approximate surface area is 203 Å². The standard InChI is InChI=1S/C28H26N2O5/c31-24(26(33)34)20-25(32)28(21-10-4-1-5-11-21)16-18-29(19-17-28)27(35)30(22-12-6-2-7-13-22)23-14-8-3-9-15-23/h1-15H,16-20H2,(H,33,34). The molecular formula is C28H26N2O5. The van der Waals surface area contributed by atoms with E-state index in [4.69, 9.17) is 5.11 Å². The fraction of sp³-hybridized carbons (Fsp3) is 0.214. The van der Waals surface area contributed by atoms with Crippen LogP contribution < -0.4 is 4.90 Å². The number of hydrogen-bond acceptors (Lipinski definition) is 4. The molecule has 0 spiro atoms. The van der Waals surface area contributed by atoms with Crippen molar-refractivity contribution in [2.45, 2.75) is 24.7 Å². The first-order chi connectivity index (χ1) is 16.9. The van der Waals surface area contributed by atoms with E-state index in [1.165, 1.54) is 0 Å².